The van der Waals surface area contributed by atoms with E-state index in [1.165, 1.54) is 4.88 Å². The molecule has 0 bridgehead atoms. The van der Waals surface area contributed by atoms with Crippen molar-refractivity contribution in [3.8, 4) is 0 Å². The predicted octanol–water partition coefficient (Wildman–Crippen LogP) is 4.10. The van der Waals surface area contributed by atoms with Gasteiger partial charge in [0.25, 0.3) is 0 Å². The molecule has 21 heavy (non-hydrogen) atoms. The van der Waals surface area contributed by atoms with Crippen LogP contribution in [0.2, 0.25) is 4.34 Å². The molecule has 4 nitrogen and oxygen atoms in total. The third kappa shape index (κ3) is 3.14. The molecule has 2 aromatic rings. The molecule has 2 amide bonds. The van der Waals surface area contributed by atoms with Crippen molar-refractivity contribution in [3.05, 3.63) is 45.6 Å². The summed E-state index contributed by atoms with van der Waals surface area (Å²) in [7, 11) is 0. The zero-order valence-corrected chi connectivity index (χ0v) is 13.2. The predicted molar refractivity (Wildman–Crippen MR) is 88.6 cm³/mol. The molecular formula is C15H16ClN3OS. The quantitative estimate of drug-likeness (QED) is 0.890. The molecule has 1 unspecified atom stereocenters. The van der Waals surface area contributed by atoms with Gasteiger partial charge in [-0.2, -0.15) is 0 Å². The Morgan fingerprint density at radius 2 is 2.05 bits per heavy atom. The molecule has 1 fully saturated rings. The summed E-state index contributed by atoms with van der Waals surface area (Å²) in [5.74, 6) is 0. The van der Waals surface area contributed by atoms with E-state index in [1.54, 1.807) is 16.2 Å². The lowest BCUT2D eigenvalue weighted by Crippen LogP contribution is -2.27. The van der Waals surface area contributed by atoms with Crippen LogP contribution in [0.5, 0.6) is 0 Å². The number of benzene rings is 1. The largest absolute Gasteiger partial charge is 0.378 e. The van der Waals surface area contributed by atoms with Gasteiger partial charge in [0, 0.05) is 29.3 Å². The molecule has 0 aliphatic carbocycles. The summed E-state index contributed by atoms with van der Waals surface area (Å²) in [6, 6.07) is 12.0. The van der Waals surface area contributed by atoms with Gasteiger partial charge in [-0.15, -0.1) is 11.3 Å². The second-order valence-electron chi connectivity index (χ2n) is 4.94. The molecule has 2 heterocycles. The summed E-state index contributed by atoms with van der Waals surface area (Å²) >= 11 is 7.54. The lowest BCUT2D eigenvalue weighted by molar-refractivity contribution is 0.252. The van der Waals surface area contributed by atoms with E-state index in [0.29, 0.717) is 6.54 Å². The van der Waals surface area contributed by atoms with Gasteiger partial charge >= 0.3 is 6.03 Å². The second-order valence-corrected chi connectivity index (χ2v) is 6.69. The highest BCUT2D eigenvalue weighted by Crippen LogP contribution is 2.29. The first-order chi connectivity index (χ1) is 10.1. The Morgan fingerprint density at radius 1 is 1.29 bits per heavy atom. The van der Waals surface area contributed by atoms with E-state index in [1.807, 2.05) is 36.4 Å². The van der Waals surface area contributed by atoms with E-state index in [9.17, 15) is 4.79 Å². The molecule has 6 heteroatoms. The highest BCUT2D eigenvalue weighted by atomic mass is 35.5. The number of amides is 2. The highest BCUT2D eigenvalue weighted by Gasteiger charge is 2.20. The number of rotatable bonds is 4. The van der Waals surface area contributed by atoms with Crippen LogP contribution in [-0.4, -0.2) is 19.1 Å². The third-order valence-electron chi connectivity index (χ3n) is 3.44. The molecule has 1 aromatic heterocycles. The first kappa shape index (κ1) is 14.2. The van der Waals surface area contributed by atoms with Gasteiger partial charge in [-0.25, -0.2) is 4.79 Å². The maximum atomic E-state index is 11.6. The first-order valence-electron chi connectivity index (χ1n) is 6.81. The van der Waals surface area contributed by atoms with Crippen molar-refractivity contribution in [1.82, 2.24) is 5.32 Å². The average molecular weight is 322 g/mol. The van der Waals surface area contributed by atoms with E-state index < -0.39 is 0 Å². The Bertz CT molecular complexity index is 641. The van der Waals surface area contributed by atoms with Crippen molar-refractivity contribution in [2.24, 2.45) is 0 Å². The number of carbonyl (C=O) groups excluding carboxylic acids is 1. The number of nitrogens with one attached hydrogen (secondary N) is 2. The number of anilines is 2. The minimum absolute atomic E-state index is 0.0303. The summed E-state index contributed by atoms with van der Waals surface area (Å²) in [4.78, 5) is 14.6. The molecule has 1 aliphatic heterocycles. The molecule has 1 atom stereocenters. The summed E-state index contributed by atoms with van der Waals surface area (Å²) < 4.78 is 0.800. The van der Waals surface area contributed by atoms with Gasteiger partial charge in [0.05, 0.1) is 10.4 Å². The van der Waals surface area contributed by atoms with Crippen LogP contribution in [0.3, 0.4) is 0 Å². The van der Waals surface area contributed by atoms with Crippen LogP contribution < -0.4 is 15.5 Å². The number of urea groups is 1. The Balaban J connectivity index is 1.68. The van der Waals surface area contributed by atoms with Crippen LogP contribution in [0.25, 0.3) is 0 Å². The number of hydrogen-bond acceptors (Lipinski definition) is 3. The summed E-state index contributed by atoms with van der Waals surface area (Å²) in [6.07, 6.45) is 0. The SMILES string of the molecule is CC(Nc1ccc(N2CCNC2=O)cc1)c1ccc(Cl)s1. The third-order valence-corrected chi connectivity index (χ3v) is 4.85. The fourth-order valence-electron chi connectivity index (χ4n) is 2.34. The van der Waals surface area contributed by atoms with Gasteiger partial charge in [0.2, 0.25) is 0 Å². The van der Waals surface area contributed by atoms with Crippen molar-refractivity contribution in [2.45, 2.75) is 13.0 Å². The number of hydrogen-bond donors (Lipinski definition) is 2. The number of nitrogens with zero attached hydrogens (tertiary/aromatic N) is 1. The van der Waals surface area contributed by atoms with E-state index in [2.05, 4.69) is 17.6 Å². The number of thiophene rings is 1. The van der Waals surface area contributed by atoms with E-state index in [0.717, 1.165) is 22.3 Å². The average Bonchev–Trinajstić information content (AvgIpc) is 3.08. The Hall–Kier alpha value is -1.72. The first-order valence-corrected chi connectivity index (χ1v) is 8.00. The van der Waals surface area contributed by atoms with Gasteiger partial charge in [-0.3, -0.25) is 4.90 Å². The Labute approximate surface area is 132 Å². The minimum Gasteiger partial charge on any atom is -0.378 e. The van der Waals surface area contributed by atoms with Crippen LogP contribution in [-0.2, 0) is 0 Å². The summed E-state index contributed by atoms with van der Waals surface area (Å²) in [5, 5.41) is 6.23. The van der Waals surface area contributed by atoms with E-state index in [4.69, 9.17) is 11.6 Å². The molecule has 0 saturated carbocycles. The van der Waals surface area contributed by atoms with Crippen LogP contribution >= 0.6 is 22.9 Å². The fourth-order valence-corrected chi connectivity index (χ4v) is 3.40. The van der Waals surface area contributed by atoms with E-state index >= 15 is 0 Å². The number of carbonyl (C=O) groups is 1. The zero-order valence-electron chi connectivity index (χ0n) is 11.6. The maximum Gasteiger partial charge on any atom is 0.321 e. The Kier molecular flexibility index (Phi) is 4.03. The van der Waals surface area contributed by atoms with Crippen molar-refractivity contribution in [3.63, 3.8) is 0 Å². The molecule has 0 spiro atoms. The lowest BCUT2D eigenvalue weighted by Gasteiger charge is -2.17. The molecule has 0 radical (unpaired) electrons. The summed E-state index contributed by atoms with van der Waals surface area (Å²) in [5.41, 5.74) is 1.94. The van der Waals surface area contributed by atoms with Gasteiger partial charge in [0.1, 0.15) is 0 Å². The standard InChI is InChI=1S/C15H16ClN3OS/c1-10(13-6-7-14(16)21-13)18-11-2-4-12(5-3-11)19-9-8-17-15(19)20/h2-7,10,18H,8-9H2,1H3,(H,17,20). The zero-order chi connectivity index (χ0) is 14.8. The fraction of sp³-hybridized carbons (Fsp3) is 0.267. The lowest BCUT2D eigenvalue weighted by atomic mass is 10.2. The van der Waals surface area contributed by atoms with Gasteiger partial charge in [-0.05, 0) is 43.3 Å². The molecule has 1 aliphatic rings. The van der Waals surface area contributed by atoms with Crippen LogP contribution in [0, 0.1) is 0 Å². The molecule has 2 N–H and O–H groups in total. The second kappa shape index (κ2) is 5.95. The maximum absolute atomic E-state index is 11.6. The van der Waals surface area contributed by atoms with Crippen LogP contribution in [0.4, 0.5) is 16.2 Å². The number of halogens is 1. The summed E-state index contributed by atoms with van der Waals surface area (Å²) in [6.45, 7) is 3.52. The smallest absolute Gasteiger partial charge is 0.321 e. The van der Waals surface area contributed by atoms with Crippen molar-refractivity contribution >= 4 is 40.3 Å². The highest BCUT2D eigenvalue weighted by molar-refractivity contribution is 7.16. The Morgan fingerprint density at radius 3 is 2.62 bits per heavy atom. The van der Waals surface area contributed by atoms with Gasteiger partial charge in [-0.1, -0.05) is 11.6 Å². The van der Waals surface area contributed by atoms with Crippen molar-refractivity contribution < 1.29 is 4.79 Å². The van der Waals surface area contributed by atoms with E-state index in [-0.39, 0.29) is 12.1 Å². The monoisotopic (exact) mass is 321 g/mol. The van der Waals surface area contributed by atoms with Gasteiger partial charge in [0.15, 0.2) is 0 Å². The molecule has 1 saturated heterocycles. The van der Waals surface area contributed by atoms with Crippen LogP contribution in [0.1, 0.15) is 17.8 Å². The van der Waals surface area contributed by atoms with Crippen molar-refractivity contribution in [1.29, 1.82) is 0 Å². The van der Waals surface area contributed by atoms with Crippen molar-refractivity contribution in [2.75, 3.05) is 23.3 Å². The topological polar surface area (TPSA) is 44.4 Å². The molecular weight excluding hydrogens is 306 g/mol. The minimum atomic E-state index is -0.0303. The molecule has 1 aromatic carbocycles. The van der Waals surface area contributed by atoms with Gasteiger partial charge < -0.3 is 10.6 Å². The molecule has 110 valence electrons. The normalized spacial score (nSPS) is 15.9. The molecule has 3 rings (SSSR count). The van der Waals surface area contributed by atoms with Crippen LogP contribution in [0.15, 0.2) is 36.4 Å².